The zero-order valence-corrected chi connectivity index (χ0v) is 26.4. The molecule has 2 nitrogen and oxygen atoms in total. The van der Waals surface area contributed by atoms with E-state index in [0.29, 0.717) is 0 Å². The summed E-state index contributed by atoms with van der Waals surface area (Å²) in [6, 6.07) is 50.9. The van der Waals surface area contributed by atoms with Crippen LogP contribution >= 0.6 is 11.3 Å². The van der Waals surface area contributed by atoms with Crippen LogP contribution in [0.3, 0.4) is 0 Å². The quantitative estimate of drug-likeness (QED) is 0.199. The lowest BCUT2D eigenvalue weighted by atomic mass is 9.82. The van der Waals surface area contributed by atoms with E-state index < -0.39 is 0 Å². The first-order chi connectivity index (χ1) is 22.6. The van der Waals surface area contributed by atoms with Crippen molar-refractivity contribution < 1.29 is 4.42 Å². The van der Waals surface area contributed by atoms with Gasteiger partial charge in [-0.25, -0.2) is 0 Å². The topological polar surface area (TPSA) is 16.4 Å². The number of fused-ring (bicyclic) bond motifs is 11. The number of anilines is 3. The van der Waals surface area contributed by atoms with Crippen LogP contribution in [-0.2, 0) is 5.41 Å². The second kappa shape index (κ2) is 9.32. The van der Waals surface area contributed by atoms with E-state index in [-0.39, 0.29) is 5.41 Å². The Morgan fingerprint density at radius 1 is 0.522 bits per heavy atom. The van der Waals surface area contributed by atoms with Gasteiger partial charge in [0, 0.05) is 53.0 Å². The van der Waals surface area contributed by atoms with Gasteiger partial charge in [-0.1, -0.05) is 117 Å². The van der Waals surface area contributed by atoms with Gasteiger partial charge in [0.25, 0.3) is 0 Å². The van der Waals surface area contributed by atoms with Crippen molar-refractivity contribution in [2.24, 2.45) is 0 Å². The molecule has 7 aromatic carbocycles. The van der Waals surface area contributed by atoms with E-state index in [1.54, 1.807) is 0 Å². The summed E-state index contributed by atoms with van der Waals surface area (Å²) < 4.78 is 9.53. The number of nitrogens with zero attached hydrogens (tertiary/aromatic N) is 1. The summed E-state index contributed by atoms with van der Waals surface area (Å²) in [5.74, 6) is 0. The Kier molecular flexibility index (Phi) is 5.25. The Morgan fingerprint density at radius 3 is 2.13 bits per heavy atom. The Hall–Kier alpha value is -5.38. The smallest absolute Gasteiger partial charge is 0.159 e. The van der Waals surface area contributed by atoms with Gasteiger partial charge in [0.15, 0.2) is 5.58 Å². The number of hydrogen-bond donors (Lipinski definition) is 0. The first-order valence-electron chi connectivity index (χ1n) is 15.9. The molecular weight excluding hydrogens is 579 g/mol. The summed E-state index contributed by atoms with van der Waals surface area (Å²) in [4.78, 5) is 2.44. The number of benzene rings is 7. The summed E-state index contributed by atoms with van der Waals surface area (Å²) in [7, 11) is 0. The standard InChI is InChI=1S/C43H29NOS/c1-43(2)34-16-7-5-14-33(34)40-35(43)17-10-18-36(40)44(27-22-24-30-29-13-6-8-20-38(29)46-39(30)25-27)37-19-9-15-31-32-23-21-26-11-3-4-12-28(26)41(32)45-42(31)37/h3-25H,1-2H3. The van der Waals surface area contributed by atoms with Gasteiger partial charge in [-0.05, 0) is 58.5 Å². The van der Waals surface area contributed by atoms with Crippen molar-refractivity contribution >= 4 is 81.3 Å². The molecular formula is C43H29NOS. The zero-order chi connectivity index (χ0) is 30.6. The molecule has 9 aromatic rings. The molecule has 0 unspecified atom stereocenters. The highest BCUT2D eigenvalue weighted by Gasteiger charge is 2.38. The van der Waals surface area contributed by atoms with Gasteiger partial charge in [0.2, 0.25) is 0 Å². The molecule has 0 N–H and O–H groups in total. The van der Waals surface area contributed by atoms with Gasteiger partial charge in [-0.3, -0.25) is 0 Å². The van der Waals surface area contributed by atoms with Gasteiger partial charge in [-0.2, -0.15) is 0 Å². The van der Waals surface area contributed by atoms with Gasteiger partial charge in [0.05, 0.1) is 11.4 Å². The fraction of sp³-hybridized carbons (Fsp3) is 0.0698. The van der Waals surface area contributed by atoms with E-state index in [1.807, 2.05) is 11.3 Å². The molecule has 0 fully saturated rings. The van der Waals surface area contributed by atoms with Crippen molar-refractivity contribution in [3.8, 4) is 11.1 Å². The van der Waals surface area contributed by atoms with E-state index in [4.69, 9.17) is 4.42 Å². The average Bonchev–Trinajstić information content (AvgIpc) is 3.74. The molecule has 2 heterocycles. The second-order valence-electron chi connectivity index (χ2n) is 12.9. The summed E-state index contributed by atoms with van der Waals surface area (Å²) in [5.41, 5.74) is 10.3. The third-order valence-corrected chi connectivity index (χ3v) is 11.2. The van der Waals surface area contributed by atoms with E-state index in [2.05, 4.69) is 158 Å². The third-order valence-electron chi connectivity index (χ3n) is 10.1. The average molecular weight is 608 g/mol. The zero-order valence-electron chi connectivity index (χ0n) is 25.5. The molecule has 0 bridgehead atoms. The predicted octanol–water partition coefficient (Wildman–Crippen LogP) is 12.9. The van der Waals surface area contributed by atoms with Gasteiger partial charge in [-0.15, -0.1) is 11.3 Å². The summed E-state index contributed by atoms with van der Waals surface area (Å²) in [6.07, 6.45) is 0. The molecule has 0 aliphatic heterocycles. The maximum atomic E-state index is 6.95. The van der Waals surface area contributed by atoms with Crippen molar-refractivity contribution in [2.75, 3.05) is 4.90 Å². The highest BCUT2D eigenvalue weighted by atomic mass is 32.1. The fourth-order valence-corrected chi connectivity index (χ4v) is 9.01. The van der Waals surface area contributed by atoms with Crippen LogP contribution < -0.4 is 4.90 Å². The third kappa shape index (κ3) is 3.46. The molecule has 46 heavy (non-hydrogen) atoms. The van der Waals surface area contributed by atoms with Crippen molar-refractivity contribution in [1.29, 1.82) is 0 Å². The molecule has 0 spiro atoms. The summed E-state index contributed by atoms with van der Waals surface area (Å²) in [6.45, 7) is 4.69. The van der Waals surface area contributed by atoms with E-state index in [9.17, 15) is 0 Å². The highest BCUT2D eigenvalue weighted by molar-refractivity contribution is 7.25. The molecule has 0 amide bonds. The van der Waals surface area contributed by atoms with Crippen molar-refractivity contribution in [2.45, 2.75) is 19.3 Å². The maximum absolute atomic E-state index is 6.95. The van der Waals surface area contributed by atoms with E-state index >= 15 is 0 Å². The lowest BCUT2D eigenvalue weighted by molar-refractivity contribution is 0.660. The predicted molar refractivity (Wildman–Crippen MR) is 196 cm³/mol. The molecule has 0 saturated carbocycles. The van der Waals surface area contributed by atoms with Crippen LogP contribution in [0.15, 0.2) is 144 Å². The molecule has 0 radical (unpaired) electrons. The number of rotatable bonds is 3. The van der Waals surface area contributed by atoms with Crippen molar-refractivity contribution in [3.63, 3.8) is 0 Å². The minimum Gasteiger partial charge on any atom is -0.453 e. The molecule has 3 heteroatoms. The molecule has 10 rings (SSSR count). The lowest BCUT2D eigenvalue weighted by Crippen LogP contribution is -2.16. The number of para-hydroxylation sites is 1. The van der Waals surface area contributed by atoms with Crippen molar-refractivity contribution in [1.82, 2.24) is 0 Å². The first-order valence-corrected chi connectivity index (χ1v) is 16.7. The number of furan rings is 1. The minimum absolute atomic E-state index is 0.104. The fourth-order valence-electron chi connectivity index (χ4n) is 7.87. The second-order valence-corrected chi connectivity index (χ2v) is 14.0. The minimum atomic E-state index is -0.104. The lowest BCUT2D eigenvalue weighted by Gasteiger charge is -2.29. The first kappa shape index (κ1) is 25.9. The number of thiophene rings is 1. The Balaban J connectivity index is 1.31. The van der Waals surface area contributed by atoms with E-state index in [1.165, 1.54) is 47.8 Å². The van der Waals surface area contributed by atoms with Crippen LogP contribution in [0.4, 0.5) is 17.1 Å². The van der Waals surface area contributed by atoms with Gasteiger partial charge >= 0.3 is 0 Å². The molecule has 1 aliphatic carbocycles. The summed E-state index contributed by atoms with van der Waals surface area (Å²) >= 11 is 1.86. The number of hydrogen-bond acceptors (Lipinski definition) is 3. The van der Waals surface area contributed by atoms with Crippen LogP contribution in [0, 0.1) is 0 Å². The van der Waals surface area contributed by atoms with E-state index in [0.717, 1.165) is 44.4 Å². The SMILES string of the molecule is CC1(C)c2ccccc2-c2c(N(c3ccc4c(c3)sc3ccccc34)c3cccc4c3oc3c5ccccc5ccc43)cccc21. The van der Waals surface area contributed by atoms with Crippen LogP contribution in [0.5, 0.6) is 0 Å². The van der Waals surface area contributed by atoms with Crippen LogP contribution in [-0.4, -0.2) is 0 Å². The van der Waals surface area contributed by atoms with Crippen LogP contribution in [0.25, 0.3) is 64.0 Å². The molecule has 0 saturated heterocycles. The Morgan fingerprint density at radius 2 is 1.20 bits per heavy atom. The Bertz CT molecular complexity index is 2690. The van der Waals surface area contributed by atoms with Crippen LogP contribution in [0.2, 0.25) is 0 Å². The molecule has 1 aliphatic rings. The summed E-state index contributed by atoms with van der Waals surface area (Å²) in [5, 5.41) is 7.18. The maximum Gasteiger partial charge on any atom is 0.159 e. The Labute approximate surface area is 270 Å². The highest BCUT2D eigenvalue weighted by Crippen LogP contribution is 2.55. The van der Waals surface area contributed by atoms with Gasteiger partial charge in [0.1, 0.15) is 5.58 Å². The molecule has 2 aromatic heterocycles. The normalized spacial score (nSPS) is 13.6. The van der Waals surface area contributed by atoms with Crippen LogP contribution in [0.1, 0.15) is 25.0 Å². The molecule has 218 valence electrons. The van der Waals surface area contributed by atoms with Crippen molar-refractivity contribution in [3.05, 3.63) is 151 Å². The monoisotopic (exact) mass is 607 g/mol. The largest absolute Gasteiger partial charge is 0.453 e. The molecule has 0 atom stereocenters. The van der Waals surface area contributed by atoms with Gasteiger partial charge < -0.3 is 9.32 Å².